The second-order valence-corrected chi connectivity index (χ2v) is 4.33. The van der Waals surface area contributed by atoms with Crippen LogP contribution < -0.4 is 10.9 Å². The van der Waals surface area contributed by atoms with Crippen LogP contribution in [-0.2, 0) is 11.3 Å². The Morgan fingerprint density at radius 1 is 1.47 bits per heavy atom. The molecule has 0 aliphatic carbocycles. The zero-order valence-electron chi connectivity index (χ0n) is 10.5. The van der Waals surface area contributed by atoms with Crippen LogP contribution in [0, 0.1) is 0 Å². The lowest BCUT2D eigenvalue weighted by Crippen LogP contribution is -2.37. The van der Waals surface area contributed by atoms with Gasteiger partial charge in [0.05, 0.1) is 12.0 Å². The number of hydrogen-bond donors (Lipinski definition) is 1. The van der Waals surface area contributed by atoms with Gasteiger partial charge in [0.25, 0.3) is 5.56 Å². The Morgan fingerprint density at radius 2 is 2.11 bits per heavy atom. The third kappa shape index (κ3) is 5.11. The quantitative estimate of drug-likeness (QED) is 0.894. The number of alkyl halides is 3. The van der Waals surface area contributed by atoms with Crippen molar-refractivity contribution in [1.82, 2.24) is 14.9 Å². The second-order valence-electron chi connectivity index (χ2n) is 4.33. The van der Waals surface area contributed by atoms with Crippen molar-refractivity contribution in [2.24, 2.45) is 0 Å². The number of aromatic nitrogens is 2. The summed E-state index contributed by atoms with van der Waals surface area (Å²) < 4.78 is 36.6. The fraction of sp³-hybridized carbons (Fsp3) is 0.545. The van der Waals surface area contributed by atoms with E-state index < -0.39 is 30.7 Å². The maximum atomic E-state index is 11.9. The van der Waals surface area contributed by atoms with Crippen LogP contribution in [0.4, 0.5) is 13.2 Å². The Bertz CT molecular complexity index is 509. The predicted octanol–water partition coefficient (Wildman–Crippen LogP) is 1.05. The standard InChI is InChI=1S/C11H14F3N3O2/c1-7(2)8-3-10(19)17(6-16-8)4-9(18)15-5-11(12,13)14/h3,6-7H,4-5H2,1-2H3,(H,15,18). The number of amides is 1. The van der Waals surface area contributed by atoms with Gasteiger partial charge in [0.15, 0.2) is 0 Å². The first-order chi connectivity index (χ1) is 8.69. The highest BCUT2D eigenvalue weighted by atomic mass is 19.4. The predicted molar refractivity (Wildman–Crippen MR) is 61.7 cm³/mol. The van der Waals surface area contributed by atoms with Gasteiger partial charge < -0.3 is 5.32 Å². The summed E-state index contributed by atoms with van der Waals surface area (Å²) in [5.41, 5.74) is 0.0952. The molecule has 1 heterocycles. The minimum absolute atomic E-state index is 0.0569. The van der Waals surface area contributed by atoms with Crippen LogP contribution in [0.2, 0.25) is 0 Å². The van der Waals surface area contributed by atoms with Crippen molar-refractivity contribution in [3.05, 3.63) is 28.4 Å². The van der Waals surface area contributed by atoms with Crippen LogP contribution in [0.25, 0.3) is 0 Å². The normalized spacial score (nSPS) is 11.7. The van der Waals surface area contributed by atoms with Crippen LogP contribution in [0.1, 0.15) is 25.5 Å². The number of nitrogens with zero attached hydrogens (tertiary/aromatic N) is 2. The molecule has 0 spiro atoms. The lowest BCUT2D eigenvalue weighted by molar-refractivity contribution is -0.138. The molecule has 1 amide bonds. The van der Waals surface area contributed by atoms with Crippen molar-refractivity contribution < 1.29 is 18.0 Å². The van der Waals surface area contributed by atoms with Crippen molar-refractivity contribution in [1.29, 1.82) is 0 Å². The molecule has 1 rings (SSSR count). The zero-order chi connectivity index (χ0) is 14.6. The molecule has 0 atom stereocenters. The van der Waals surface area contributed by atoms with Gasteiger partial charge in [0.1, 0.15) is 13.1 Å². The Kier molecular flexibility index (Phi) is 4.68. The number of rotatable bonds is 4. The molecule has 0 bridgehead atoms. The maximum absolute atomic E-state index is 11.9. The molecule has 1 aromatic rings. The third-order valence-electron chi connectivity index (χ3n) is 2.29. The van der Waals surface area contributed by atoms with E-state index in [4.69, 9.17) is 0 Å². The Morgan fingerprint density at radius 3 is 2.58 bits per heavy atom. The summed E-state index contributed by atoms with van der Waals surface area (Å²) >= 11 is 0. The van der Waals surface area contributed by atoms with Gasteiger partial charge in [-0.15, -0.1) is 0 Å². The maximum Gasteiger partial charge on any atom is 0.405 e. The molecule has 0 saturated heterocycles. The number of carbonyl (C=O) groups is 1. The first kappa shape index (κ1) is 15.2. The number of halogens is 3. The van der Waals surface area contributed by atoms with Crippen LogP contribution in [0.3, 0.4) is 0 Å². The van der Waals surface area contributed by atoms with Gasteiger partial charge in [-0.3, -0.25) is 14.2 Å². The van der Waals surface area contributed by atoms with Crippen molar-refractivity contribution in [2.75, 3.05) is 6.54 Å². The number of nitrogens with one attached hydrogen (secondary N) is 1. The van der Waals surface area contributed by atoms with E-state index in [0.29, 0.717) is 5.69 Å². The van der Waals surface area contributed by atoms with Gasteiger partial charge in [0, 0.05) is 6.07 Å². The summed E-state index contributed by atoms with van der Waals surface area (Å²) in [6.07, 6.45) is -3.31. The minimum Gasteiger partial charge on any atom is -0.345 e. The van der Waals surface area contributed by atoms with Gasteiger partial charge >= 0.3 is 6.18 Å². The molecule has 0 saturated carbocycles. The average Bonchev–Trinajstić information content (AvgIpc) is 2.28. The smallest absolute Gasteiger partial charge is 0.345 e. The molecule has 0 aliphatic heterocycles. The first-order valence-corrected chi connectivity index (χ1v) is 5.59. The molecule has 0 aromatic carbocycles. The summed E-state index contributed by atoms with van der Waals surface area (Å²) in [6, 6.07) is 1.27. The molecule has 0 fully saturated rings. The highest BCUT2D eigenvalue weighted by Crippen LogP contribution is 2.12. The van der Waals surface area contributed by atoms with Crippen molar-refractivity contribution >= 4 is 5.91 Å². The summed E-state index contributed by atoms with van der Waals surface area (Å²) in [5.74, 6) is -0.833. The van der Waals surface area contributed by atoms with E-state index in [-0.39, 0.29) is 5.92 Å². The monoisotopic (exact) mass is 277 g/mol. The molecule has 106 valence electrons. The Balaban J connectivity index is 2.68. The fourth-order valence-electron chi connectivity index (χ4n) is 1.28. The molecule has 5 nitrogen and oxygen atoms in total. The molecule has 0 aliphatic rings. The van der Waals surface area contributed by atoms with Crippen LogP contribution in [0.15, 0.2) is 17.2 Å². The van der Waals surface area contributed by atoms with Crippen molar-refractivity contribution in [3.8, 4) is 0 Å². The van der Waals surface area contributed by atoms with Gasteiger partial charge in [-0.05, 0) is 5.92 Å². The molecular formula is C11H14F3N3O2. The molecule has 19 heavy (non-hydrogen) atoms. The summed E-state index contributed by atoms with van der Waals surface area (Å²) in [6.45, 7) is 1.79. The molecule has 1 N–H and O–H groups in total. The summed E-state index contributed by atoms with van der Waals surface area (Å²) in [5, 5.41) is 1.68. The Labute approximate surface area is 107 Å². The SMILES string of the molecule is CC(C)c1cc(=O)n(CC(=O)NCC(F)(F)F)cn1. The molecular weight excluding hydrogens is 263 g/mol. The van der Waals surface area contributed by atoms with E-state index in [1.165, 1.54) is 6.07 Å². The van der Waals surface area contributed by atoms with E-state index in [9.17, 15) is 22.8 Å². The van der Waals surface area contributed by atoms with Gasteiger partial charge in [0.2, 0.25) is 5.91 Å². The zero-order valence-corrected chi connectivity index (χ0v) is 10.5. The van der Waals surface area contributed by atoms with E-state index in [1.807, 2.05) is 13.8 Å². The van der Waals surface area contributed by atoms with Crippen molar-refractivity contribution in [3.63, 3.8) is 0 Å². The van der Waals surface area contributed by atoms with E-state index in [0.717, 1.165) is 10.9 Å². The lowest BCUT2D eigenvalue weighted by Gasteiger charge is -2.10. The highest BCUT2D eigenvalue weighted by Gasteiger charge is 2.27. The second kappa shape index (κ2) is 5.85. The number of hydrogen-bond acceptors (Lipinski definition) is 3. The van der Waals surface area contributed by atoms with E-state index in [2.05, 4.69) is 4.98 Å². The van der Waals surface area contributed by atoms with Gasteiger partial charge in [-0.1, -0.05) is 13.8 Å². The van der Waals surface area contributed by atoms with E-state index in [1.54, 1.807) is 5.32 Å². The minimum atomic E-state index is -4.47. The fourth-order valence-corrected chi connectivity index (χ4v) is 1.28. The molecule has 1 aromatic heterocycles. The van der Waals surface area contributed by atoms with E-state index >= 15 is 0 Å². The van der Waals surface area contributed by atoms with Crippen molar-refractivity contribution in [2.45, 2.75) is 32.5 Å². The van der Waals surface area contributed by atoms with Gasteiger partial charge in [-0.2, -0.15) is 13.2 Å². The van der Waals surface area contributed by atoms with Crippen LogP contribution >= 0.6 is 0 Å². The van der Waals surface area contributed by atoms with Gasteiger partial charge in [-0.25, -0.2) is 4.98 Å². The van der Waals surface area contributed by atoms with Crippen LogP contribution in [0.5, 0.6) is 0 Å². The highest BCUT2D eigenvalue weighted by molar-refractivity contribution is 5.75. The summed E-state index contributed by atoms with van der Waals surface area (Å²) in [4.78, 5) is 26.8. The number of carbonyl (C=O) groups excluding carboxylic acids is 1. The first-order valence-electron chi connectivity index (χ1n) is 5.59. The molecule has 0 radical (unpaired) electrons. The third-order valence-corrected chi connectivity index (χ3v) is 2.29. The average molecular weight is 277 g/mol. The largest absolute Gasteiger partial charge is 0.405 e. The topological polar surface area (TPSA) is 64.0 Å². The van der Waals surface area contributed by atoms with Crippen LogP contribution in [-0.4, -0.2) is 28.2 Å². The summed E-state index contributed by atoms with van der Waals surface area (Å²) in [7, 11) is 0. The molecule has 8 heteroatoms. The molecule has 0 unspecified atom stereocenters. The Hall–Kier alpha value is -1.86. The lowest BCUT2D eigenvalue weighted by atomic mass is 10.1.